The Labute approximate surface area is 180 Å². The van der Waals surface area contributed by atoms with Gasteiger partial charge in [0.25, 0.3) is 0 Å². The summed E-state index contributed by atoms with van der Waals surface area (Å²) < 4.78 is 5.12. The van der Waals surface area contributed by atoms with Crippen LogP contribution in [0.3, 0.4) is 0 Å². The predicted octanol–water partition coefficient (Wildman–Crippen LogP) is 0.479. The van der Waals surface area contributed by atoms with Crippen molar-refractivity contribution < 1.29 is 29.0 Å². The third-order valence-electron chi connectivity index (χ3n) is 5.62. The molecular weight excluding hydrogens is 404 g/mol. The van der Waals surface area contributed by atoms with Crippen LogP contribution in [0.5, 0.6) is 0 Å². The highest BCUT2D eigenvalue weighted by atomic mass is 16.6. The molecule has 0 radical (unpaired) electrons. The molecule has 2 heterocycles. The average Bonchev–Trinajstić information content (AvgIpc) is 3.39. The Morgan fingerprint density at radius 1 is 1.26 bits per heavy atom. The first-order valence-corrected chi connectivity index (χ1v) is 10.4. The van der Waals surface area contributed by atoms with E-state index in [0.717, 1.165) is 5.56 Å². The molecule has 3 atom stereocenters. The van der Waals surface area contributed by atoms with Crippen LogP contribution < -0.4 is 11.1 Å². The van der Waals surface area contributed by atoms with E-state index in [4.69, 9.17) is 10.5 Å². The molecule has 1 aromatic rings. The summed E-state index contributed by atoms with van der Waals surface area (Å²) in [4.78, 5) is 52.0. The first-order valence-electron chi connectivity index (χ1n) is 10.4. The lowest BCUT2D eigenvalue weighted by atomic mass is 10.1. The van der Waals surface area contributed by atoms with Crippen molar-refractivity contribution in [2.24, 2.45) is 5.73 Å². The smallest absolute Gasteiger partial charge is 0.410 e. The maximum atomic E-state index is 13.0. The van der Waals surface area contributed by atoms with Crippen molar-refractivity contribution >= 4 is 23.9 Å². The van der Waals surface area contributed by atoms with Crippen LogP contribution in [0.4, 0.5) is 4.79 Å². The van der Waals surface area contributed by atoms with Gasteiger partial charge in [-0.25, -0.2) is 9.59 Å². The normalized spacial score (nSPS) is 21.6. The van der Waals surface area contributed by atoms with E-state index in [1.165, 1.54) is 9.80 Å². The number of carbonyl (C=O) groups is 4. The number of carbonyl (C=O) groups excluding carboxylic acids is 3. The second kappa shape index (κ2) is 10.3. The lowest BCUT2D eigenvalue weighted by molar-refractivity contribution is -0.149. The first kappa shape index (κ1) is 22.5. The van der Waals surface area contributed by atoms with Crippen LogP contribution in [0.1, 0.15) is 37.3 Å². The molecule has 168 valence electrons. The summed E-state index contributed by atoms with van der Waals surface area (Å²) in [6.07, 6.45) is 1.16. The fraction of sp³-hybridized carbons (Fsp3) is 0.524. The van der Waals surface area contributed by atoms with Crippen molar-refractivity contribution in [3.05, 3.63) is 35.9 Å². The van der Waals surface area contributed by atoms with Crippen LogP contribution in [0.2, 0.25) is 0 Å². The van der Waals surface area contributed by atoms with Gasteiger partial charge < -0.3 is 25.8 Å². The van der Waals surface area contributed by atoms with Crippen LogP contribution in [0.25, 0.3) is 0 Å². The van der Waals surface area contributed by atoms with Crippen LogP contribution >= 0.6 is 0 Å². The molecule has 2 aliphatic heterocycles. The number of ether oxygens (including phenoxy) is 1. The molecule has 3 amide bonds. The van der Waals surface area contributed by atoms with Crippen molar-refractivity contribution in [2.45, 2.75) is 43.8 Å². The number of cyclic esters (lactones) is 1. The van der Waals surface area contributed by atoms with Gasteiger partial charge in [0, 0.05) is 6.54 Å². The highest BCUT2D eigenvalue weighted by Crippen LogP contribution is 2.27. The molecule has 2 saturated heterocycles. The number of hydrogen-bond acceptors (Lipinski definition) is 6. The van der Waals surface area contributed by atoms with E-state index in [-0.39, 0.29) is 19.6 Å². The average molecular weight is 432 g/mol. The zero-order valence-corrected chi connectivity index (χ0v) is 17.2. The number of nitrogens with two attached hydrogens (primary N) is 1. The van der Waals surface area contributed by atoms with Crippen molar-refractivity contribution in [1.82, 2.24) is 15.1 Å². The van der Waals surface area contributed by atoms with Gasteiger partial charge >= 0.3 is 12.1 Å². The van der Waals surface area contributed by atoms with E-state index in [1.54, 1.807) is 0 Å². The fourth-order valence-electron chi connectivity index (χ4n) is 4.04. The van der Waals surface area contributed by atoms with Gasteiger partial charge in [-0.3, -0.25) is 14.5 Å². The molecule has 2 aliphatic rings. The number of benzene rings is 1. The van der Waals surface area contributed by atoms with Gasteiger partial charge in [0.2, 0.25) is 11.8 Å². The fourth-order valence-corrected chi connectivity index (χ4v) is 4.04. The molecular formula is C21H28N4O6. The second-order valence-corrected chi connectivity index (χ2v) is 7.71. The molecule has 0 saturated carbocycles. The number of carboxylic acids is 1. The van der Waals surface area contributed by atoms with E-state index in [0.29, 0.717) is 32.4 Å². The lowest BCUT2D eigenvalue weighted by Gasteiger charge is -2.28. The third-order valence-corrected chi connectivity index (χ3v) is 5.62. The maximum absolute atomic E-state index is 13.0. The highest BCUT2D eigenvalue weighted by Gasteiger charge is 2.39. The number of hydrogen-bond donors (Lipinski definition) is 3. The summed E-state index contributed by atoms with van der Waals surface area (Å²) in [5.41, 5.74) is 6.41. The maximum Gasteiger partial charge on any atom is 0.410 e. The van der Waals surface area contributed by atoms with Gasteiger partial charge in [-0.05, 0) is 37.8 Å². The van der Waals surface area contributed by atoms with E-state index in [1.807, 2.05) is 30.3 Å². The molecule has 31 heavy (non-hydrogen) atoms. The molecule has 10 nitrogen and oxygen atoms in total. The zero-order chi connectivity index (χ0) is 22.4. The Hall–Kier alpha value is -3.14. The minimum Gasteiger partial charge on any atom is -0.480 e. The number of aliphatic carboxylic acids is 1. The second-order valence-electron chi connectivity index (χ2n) is 7.71. The van der Waals surface area contributed by atoms with Gasteiger partial charge in [0.15, 0.2) is 0 Å². The van der Waals surface area contributed by atoms with Gasteiger partial charge in [-0.1, -0.05) is 30.3 Å². The molecule has 10 heteroatoms. The molecule has 0 aromatic heterocycles. The summed E-state index contributed by atoms with van der Waals surface area (Å²) in [6, 6.07) is 7.06. The summed E-state index contributed by atoms with van der Waals surface area (Å²) in [5.74, 6) is -2.00. The largest absolute Gasteiger partial charge is 0.480 e. The Morgan fingerprint density at radius 3 is 2.68 bits per heavy atom. The Kier molecular flexibility index (Phi) is 7.45. The van der Waals surface area contributed by atoms with Gasteiger partial charge in [-0.2, -0.15) is 0 Å². The number of likely N-dealkylation sites (tertiary alicyclic amines) is 1. The van der Waals surface area contributed by atoms with Crippen LogP contribution in [-0.4, -0.2) is 77.1 Å². The van der Waals surface area contributed by atoms with Gasteiger partial charge in [0.1, 0.15) is 25.2 Å². The van der Waals surface area contributed by atoms with Crippen LogP contribution in [0, 0.1) is 0 Å². The lowest BCUT2D eigenvalue weighted by Crippen LogP contribution is -2.53. The molecule has 1 aromatic carbocycles. The zero-order valence-electron chi connectivity index (χ0n) is 17.2. The minimum absolute atomic E-state index is 0.139. The van der Waals surface area contributed by atoms with Crippen molar-refractivity contribution in [2.75, 3.05) is 26.2 Å². The summed E-state index contributed by atoms with van der Waals surface area (Å²) in [7, 11) is 0. The minimum atomic E-state index is -1.06. The Morgan fingerprint density at radius 2 is 2.00 bits per heavy atom. The number of amides is 3. The van der Waals surface area contributed by atoms with E-state index >= 15 is 0 Å². The molecule has 1 unspecified atom stereocenters. The molecule has 0 spiro atoms. The van der Waals surface area contributed by atoms with E-state index < -0.39 is 42.0 Å². The molecule has 4 N–H and O–H groups in total. The Bertz CT molecular complexity index is 817. The molecule has 0 bridgehead atoms. The standard InChI is InChI=1S/C21H28N4O6/c22-10-4-8-15(19(27)24-11-5-9-16(24)20(28)29)23-18(26)12-25-17(13-31-21(25)30)14-6-2-1-3-7-14/h1-3,6-7,15-17H,4-5,8-13,22H2,(H,23,26)(H,28,29)/t15-,16-,17?/m0/s1. The number of carboxylic acid groups (broad SMARTS) is 1. The van der Waals surface area contributed by atoms with Crippen molar-refractivity contribution in [3.63, 3.8) is 0 Å². The van der Waals surface area contributed by atoms with E-state index in [2.05, 4.69) is 5.32 Å². The van der Waals surface area contributed by atoms with Crippen molar-refractivity contribution in [3.8, 4) is 0 Å². The van der Waals surface area contributed by atoms with Crippen LogP contribution in [0.15, 0.2) is 30.3 Å². The number of rotatable bonds is 9. The Balaban J connectivity index is 1.68. The SMILES string of the molecule is NCCC[C@H](NC(=O)CN1C(=O)OCC1c1ccccc1)C(=O)N1CCC[C@H]1C(=O)O. The summed E-state index contributed by atoms with van der Waals surface area (Å²) >= 11 is 0. The summed E-state index contributed by atoms with van der Waals surface area (Å²) in [6.45, 7) is 0.531. The molecule has 2 fully saturated rings. The highest BCUT2D eigenvalue weighted by molar-refractivity contribution is 5.92. The summed E-state index contributed by atoms with van der Waals surface area (Å²) in [5, 5.41) is 12.0. The van der Waals surface area contributed by atoms with E-state index in [9.17, 15) is 24.3 Å². The number of nitrogens with zero attached hydrogens (tertiary/aromatic N) is 2. The third kappa shape index (κ3) is 5.32. The monoisotopic (exact) mass is 432 g/mol. The van der Waals surface area contributed by atoms with Gasteiger partial charge in [-0.15, -0.1) is 0 Å². The quantitative estimate of drug-likeness (QED) is 0.515. The number of nitrogens with one attached hydrogen (secondary N) is 1. The van der Waals surface area contributed by atoms with Gasteiger partial charge in [0.05, 0.1) is 6.04 Å². The molecule has 3 rings (SSSR count). The first-order chi connectivity index (χ1) is 14.9. The van der Waals surface area contributed by atoms with Crippen molar-refractivity contribution in [1.29, 1.82) is 0 Å². The molecule has 0 aliphatic carbocycles. The van der Waals surface area contributed by atoms with Crippen LogP contribution in [-0.2, 0) is 19.1 Å². The topological polar surface area (TPSA) is 142 Å². The predicted molar refractivity (Wildman–Crippen MR) is 110 cm³/mol.